The molecule has 2 aliphatic rings. The fraction of sp³-hybridized carbons (Fsp3) is 0.500. The largest absolute Gasteiger partial charge is 0.396 e. The van der Waals surface area contributed by atoms with E-state index in [1.54, 1.807) is 0 Å². The molecule has 0 saturated carbocycles. The summed E-state index contributed by atoms with van der Waals surface area (Å²) in [6.45, 7) is 5.70. The van der Waals surface area contributed by atoms with Gasteiger partial charge in [-0.3, -0.25) is 9.59 Å². The molecule has 0 aliphatic carbocycles. The highest BCUT2D eigenvalue weighted by Crippen LogP contribution is 2.57. The molecule has 4 rings (SSSR count). The molecule has 1 fully saturated rings. The summed E-state index contributed by atoms with van der Waals surface area (Å²) in [5, 5.41) is 27.6. The molecule has 5 atom stereocenters. The van der Waals surface area contributed by atoms with E-state index in [0.29, 0.717) is 23.2 Å². The summed E-state index contributed by atoms with van der Waals surface area (Å²) in [4.78, 5) is 27.8. The Hall–Kier alpha value is -2.30. The molecule has 2 aliphatic heterocycles. The predicted molar refractivity (Wildman–Crippen MR) is 146 cm³/mol. The van der Waals surface area contributed by atoms with Gasteiger partial charge in [0.1, 0.15) is 17.0 Å². The number of hydrogen-bond donors (Lipinski definition) is 5. The third-order valence-electron chi connectivity index (χ3n) is 7.65. The van der Waals surface area contributed by atoms with Crippen LogP contribution >= 0.6 is 23.2 Å². The lowest BCUT2D eigenvalue weighted by molar-refractivity contribution is -0.124. The Balaban J connectivity index is 1.90. The molecule has 2 aromatic rings. The minimum absolute atomic E-state index is 0.0922. The first kappa shape index (κ1) is 29.7. The van der Waals surface area contributed by atoms with Gasteiger partial charge in [0, 0.05) is 43.3 Å². The standard InChI is InChI=1S/C28H33Cl2F2N3O4/c1-27(2,3)11-22-28(16-9-20(32)18(30)10-21(16)34-26(28)39)23(15-4-5-19(31)17(29)8-15)24(35-22)25(38)33-12-14(13-37)6-7-36/h4-5,8-10,14,22-24,35-37H,6-7,11-13H2,1-3H3,(H,33,38)(H,34,39)/t14-,22-,23+,24-,28+/m1/s1. The third kappa shape index (κ3) is 5.52. The van der Waals surface area contributed by atoms with Gasteiger partial charge in [0.2, 0.25) is 11.8 Å². The Bertz CT molecular complexity index is 1270. The topological polar surface area (TPSA) is 111 Å². The zero-order chi connectivity index (χ0) is 28.7. The second kappa shape index (κ2) is 11.3. The number of aliphatic hydroxyl groups is 2. The number of amides is 2. The van der Waals surface area contributed by atoms with Crippen molar-refractivity contribution in [3.05, 3.63) is 63.1 Å². The van der Waals surface area contributed by atoms with Crippen LogP contribution in [-0.2, 0) is 15.0 Å². The molecular weight excluding hydrogens is 551 g/mol. The van der Waals surface area contributed by atoms with Crippen molar-refractivity contribution < 1.29 is 28.6 Å². The normalized spacial score (nSPS) is 25.1. The SMILES string of the molecule is CC(C)(C)C[C@H]1N[C@@H](C(=O)NC[C@H](CO)CCO)[C@H](c2ccc(F)c(Cl)c2)[C@@]12C(=O)Nc1cc(Cl)c(F)cc12. The van der Waals surface area contributed by atoms with Crippen molar-refractivity contribution in [3.8, 4) is 0 Å². The van der Waals surface area contributed by atoms with Gasteiger partial charge in [-0.15, -0.1) is 0 Å². The van der Waals surface area contributed by atoms with E-state index >= 15 is 0 Å². The van der Waals surface area contributed by atoms with Crippen molar-refractivity contribution in [3.63, 3.8) is 0 Å². The molecule has 7 nitrogen and oxygen atoms in total. The number of halogens is 4. The summed E-state index contributed by atoms with van der Waals surface area (Å²) in [7, 11) is 0. The molecule has 2 aromatic carbocycles. The van der Waals surface area contributed by atoms with E-state index < -0.39 is 46.9 Å². The van der Waals surface area contributed by atoms with Crippen LogP contribution in [0.25, 0.3) is 0 Å². The first-order valence-electron chi connectivity index (χ1n) is 12.8. The molecule has 2 heterocycles. The number of fused-ring (bicyclic) bond motifs is 2. The zero-order valence-electron chi connectivity index (χ0n) is 22.0. The molecule has 1 saturated heterocycles. The van der Waals surface area contributed by atoms with E-state index in [-0.39, 0.29) is 47.6 Å². The van der Waals surface area contributed by atoms with Gasteiger partial charge in [0.25, 0.3) is 0 Å². The minimum atomic E-state index is -1.46. The van der Waals surface area contributed by atoms with Gasteiger partial charge in [0.15, 0.2) is 0 Å². The molecule has 11 heteroatoms. The first-order valence-corrected chi connectivity index (χ1v) is 13.6. The van der Waals surface area contributed by atoms with Crippen LogP contribution in [0.4, 0.5) is 14.5 Å². The van der Waals surface area contributed by atoms with E-state index in [9.17, 15) is 28.6 Å². The number of aliphatic hydroxyl groups excluding tert-OH is 2. The number of rotatable bonds is 8. The highest BCUT2D eigenvalue weighted by Gasteiger charge is 2.66. The van der Waals surface area contributed by atoms with Crippen molar-refractivity contribution in [2.24, 2.45) is 11.3 Å². The van der Waals surface area contributed by atoms with E-state index in [4.69, 9.17) is 23.2 Å². The fourth-order valence-electron chi connectivity index (χ4n) is 5.94. The Kier molecular flexibility index (Phi) is 8.59. The average molecular weight is 584 g/mol. The number of carbonyl (C=O) groups is 2. The van der Waals surface area contributed by atoms with Crippen molar-refractivity contribution in [2.45, 2.75) is 57.0 Å². The van der Waals surface area contributed by atoms with Gasteiger partial charge in [0.05, 0.1) is 16.1 Å². The van der Waals surface area contributed by atoms with Crippen LogP contribution in [-0.4, -0.2) is 53.9 Å². The highest BCUT2D eigenvalue weighted by molar-refractivity contribution is 6.31. The van der Waals surface area contributed by atoms with Gasteiger partial charge in [-0.25, -0.2) is 8.78 Å². The van der Waals surface area contributed by atoms with Gasteiger partial charge in [-0.05, 0) is 53.6 Å². The number of hydrogen-bond acceptors (Lipinski definition) is 5. The number of benzene rings is 2. The number of carbonyl (C=O) groups excluding carboxylic acids is 2. The van der Waals surface area contributed by atoms with E-state index in [1.807, 2.05) is 20.8 Å². The molecule has 0 radical (unpaired) electrons. The summed E-state index contributed by atoms with van der Waals surface area (Å²) in [6, 6.07) is 5.01. The summed E-state index contributed by atoms with van der Waals surface area (Å²) >= 11 is 12.2. The highest BCUT2D eigenvalue weighted by atomic mass is 35.5. The van der Waals surface area contributed by atoms with Gasteiger partial charge < -0.3 is 26.2 Å². The molecule has 0 bridgehead atoms. The Morgan fingerprint density at radius 3 is 2.44 bits per heavy atom. The van der Waals surface area contributed by atoms with E-state index in [1.165, 1.54) is 30.3 Å². The lowest BCUT2D eigenvalue weighted by atomic mass is 9.62. The lowest BCUT2D eigenvalue weighted by Gasteiger charge is -2.37. The van der Waals surface area contributed by atoms with E-state index in [2.05, 4.69) is 16.0 Å². The fourth-order valence-corrected chi connectivity index (χ4v) is 6.29. The first-order chi connectivity index (χ1) is 18.3. The predicted octanol–water partition coefficient (Wildman–Crippen LogP) is 4.13. The van der Waals surface area contributed by atoms with Crippen LogP contribution in [0.5, 0.6) is 0 Å². The molecule has 2 amide bonds. The second-order valence-corrected chi connectivity index (χ2v) is 12.4. The van der Waals surface area contributed by atoms with Gasteiger partial charge in [-0.2, -0.15) is 0 Å². The minimum Gasteiger partial charge on any atom is -0.396 e. The number of anilines is 1. The lowest BCUT2D eigenvalue weighted by Crippen LogP contribution is -2.49. The summed E-state index contributed by atoms with van der Waals surface area (Å²) in [6.07, 6.45) is 0.724. The third-order valence-corrected chi connectivity index (χ3v) is 8.23. The smallest absolute Gasteiger partial charge is 0.237 e. The molecule has 5 N–H and O–H groups in total. The Morgan fingerprint density at radius 2 is 1.82 bits per heavy atom. The van der Waals surface area contributed by atoms with Crippen LogP contribution < -0.4 is 16.0 Å². The van der Waals surface area contributed by atoms with Crippen molar-refractivity contribution >= 4 is 40.7 Å². The van der Waals surface area contributed by atoms with Crippen LogP contribution in [0.15, 0.2) is 30.3 Å². The van der Waals surface area contributed by atoms with E-state index in [0.717, 1.165) is 0 Å². The van der Waals surface area contributed by atoms with Crippen LogP contribution in [0, 0.1) is 23.0 Å². The quantitative estimate of drug-likeness (QED) is 0.321. The second-order valence-electron chi connectivity index (χ2n) is 11.6. The molecule has 0 unspecified atom stereocenters. The Labute approximate surface area is 236 Å². The molecule has 0 aromatic heterocycles. The maximum atomic E-state index is 14.9. The van der Waals surface area contributed by atoms with Crippen molar-refractivity contribution in [2.75, 3.05) is 25.1 Å². The van der Waals surface area contributed by atoms with Crippen LogP contribution in [0.2, 0.25) is 10.0 Å². The van der Waals surface area contributed by atoms with Crippen molar-refractivity contribution in [1.29, 1.82) is 0 Å². The summed E-state index contributed by atoms with van der Waals surface area (Å²) < 4.78 is 29.2. The maximum Gasteiger partial charge on any atom is 0.237 e. The summed E-state index contributed by atoms with van der Waals surface area (Å²) in [5.74, 6) is -3.53. The van der Waals surface area contributed by atoms with Crippen molar-refractivity contribution in [1.82, 2.24) is 10.6 Å². The maximum absolute atomic E-state index is 14.9. The molecule has 212 valence electrons. The zero-order valence-corrected chi connectivity index (χ0v) is 23.5. The monoisotopic (exact) mass is 583 g/mol. The van der Waals surface area contributed by atoms with Crippen LogP contribution in [0.3, 0.4) is 0 Å². The number of nitrogens with one attached hydrogen (secondary N) is 3. The van der Waals surface area contributed by atoms with Gasteiger partial charge in [-0.1, -0.05) is 50.0 Å². The Morgan fingerprint density at radius 1 is 1.13 bits per heavy atom. The summed E-state index contributed by atoms with van der Waals surface area (Å²) in [5.41, 5.74) is -0.644. The molecule has 39 heavy (non-hydrogen) atoms. The van der Waals surface area contributed by atoms with Gasteiger partial charge >= 0.3 is 0 Å². The average Bonchev–Trinajstić information content (AvgIpc) is 3.33. The molecule has 1 spiro atoms. The molecular formula is C28H33Cl2F2N3O4. The van der Waals surface area contributed by atoms with Crippen LogP contribution in [0.1, 0.15) is 50.7 Å².